The van der Waals surface area contributed by atoms with Crippen LogP contribution in [0.2, 0.25) is 0 Å². The number of H-pyrrole nitrogens is 1. The van der Waals surface area contributed by atoms with Gasteiger partial charge in [-0.2, -0.15) is 0 Å². The smallest absolute Gasteiger partial charge is 0.307 e. The van der Waals surface area contributed by atoms with E-state index in [1.807, 2.05) is 30.5 Å². The molecule has 1 heterocycles. The Labute approximate surface area is 110 Å². The van der Waals surface area contributed by atoms with Gasteiger partial charge in [0.05, 0.1) is 5.92 Å². The Morgan fingerprint density at radius 2 is 2.11 bits per heavy atom. The minimum Gasteiger partial charge on any atom is -0.481 e. The third-order valence-corrected chi connectivity index (χ3v) is 4.01. The Bertz CT molecular complexity index is 644. The molecule has 0 radical (unpaired) electrons. The normalized spacial score (nSPS) is 23.7. The van der Waals surface area contributed by atoms with E-state index in [2.05, 4.69) is 4.98 Å². The van der Waals surface area contributed by atoms with E-state index >= 15 is 0 Å². The van der Waals surface area contributed by atoms with E-state index < -0.39 is 11.9 Å². The molecule has 0 bridgehead atoms. The molecule has 1 saturated carbocycles. The SMILES string of the molecule is O=C1CCC(C(=O)O)C(c2c[nH]c3ccccc23)C1. The van der Waals surface area contributed by atoms with E-state index in [9.17, 15) is 14.7 Å². The van der Waals surface area contributed by atoms with E-state index in [4.69, 9.17) is 0 Å². The molecule has 1 aromatic heterocycles. The van der Waals surface area contributed by atoms with Gasteiger partial charge >= 0.3 is 5.97 Å². The molecule has 2 aromatic rings. The monoisotopic (exact) mass is 257 g/mol. The van der Waals surface area contributed by atoms with Gasteiger partial charge in [0, 0.05) is 35.9 Å². The Balaban J connectivity index is 2.06. The van der Waals surface area contributed by atoms with Crippen LogP contribution in [0.4, 0.5) is 0 Å². The number of hydrogen-bond donors (Lipinski definition) is 2. The summed E-state index contributed by atoms with van der Waals surface area (Å²) in [4.78, 5) is 26.2. The van der Waals surface area contributed by atoms with Crippen LogP contribution in [0.25, 0.3) is 10.9 Å². The molecular formula is C15H15NO3. The number of carbonyl (C=O) groups is 2. The summed E-state index contributed by atoms with van der Waals surface area (Å²) in [6.07, 6.45) is 3.01. The molecule has 1 aromatic carbocycles. The lowest BCUT2D eigenvalue weighted by atomic mass is 9.75. The molecule has 0 amide bonds. The van der Waals surface area contributed by atoms with Crippen molar-refractivity contribution in [3.63, 3.8) is 0 Å². The average molecular weight is 257 g/mol. The van der Waals surface area contributed by atoms with Crippen LogP contribution in [0, 0.1) is 5.92 Å². The van der Waals surface area contributed by atoms with E-state index in [-0.39, 0.29) is 11.7 Å². The van der Waals surface area contributed by atoms with Gasteiger partial charge in [0.15, 0.2) is 0 Å². The van der Waals surface area contributed by atoms with Gasteiger partial charge in [0.2, 0.25) is 0 Å². The summed E-state index contributed by atoms with van der Waals surface area (Å²) in [7, 11) is 0. The Morgan fingerprint density at radius 3 is 2.89 bits per heavy atom. The average Bonchev–Trinajstić information content (AvgIpc) is 2.82. The second-order valence-corrected chi connectivity index (χ2v) is 5.12. The summed E-state index contributed by atoms with van der Waals surface area (Å²) >= 11 is 0. The van der Waals surface area contributed by atoms with Crippen molar-refractivity contribution in [2.24, 2.45) is 5.92 Å². The van der Waals surface area contributed by atoms with Crippen LogP contribution >= 0.6 is 0 Å². The van der Waals surface area contributed by atoms with Gasteiger partial charge < -0.3 is 10.1 Å². The Hall–Kier alpha value is -2.10. The van der Waals surface area contributed by atoms with Crippen molar-refractivity contribution in [2.75, 3.05) is 0 Å². The van der Waals surface area contributed by atoms with Gasteiger partial charge in [-0.25, -0.2) is 0 Å². The minimum atomic E-state index is -0.803. The molecule has 1 aliphatic rings. The van der Waals surface area contributed by atoms with E-state index in [1.165, 1.54) is 0 Å². The summed E-state index contributed by atoms with van der Waals surface area (Å²) in [6, 6.07) is 7.79. The fourth-order valence-corrected chi connectivity index (χ4v) is 3.03. The van der Waals surface area contributed by atoms with Crippen molar-refractivity contribution in [1.82, 2.24) is 4.98 Å². The highest BCUT2D eigenvalue weighted by Crippen LogP contribution is 2.39. The first-order chi connectivity index (χ1) is 9.16. The first kappa shape index (κ1) is 12.0. The highest BCUT2D eigenvalue weighted by molar-refractivity contribution is 5.88. The zero-order valence-electron chi connectivity index (χ0n) is 10.4. The predicted molar refractivity (Wildman–Crippen MR) is 71.0 cm³/mol. The second-order valence-electron chi connectivity index (χ2n) is 5.12. The number of para-hydroxylation sites is 1. The van der Waals surface area contributed by atoms with Crippen molar-refractivity contribution in [2.45, 2.75) is 25.2 Å². The molecule has 19 heavy (non-hydrogen) atoms. The number of aromatic amines is 1. The van der Waals surface area contributed by atoms with Crippen LogP contribution in [0.1, 0.15) is 30.7 Å². The summed E-state index contributed by atoms with van der Waals surface area (Å²) in [5.41, 5.74) is 1.94. The fraction of sp³-hybridized carbons (Fsp3) is 0.333. The summed E-state index contributed by atoms with van der Waals surface area (Å²) in [6.45, 7) is 0. The third-order valence-electron chi connectivity index (χ3n) is 4.01. The highest BCUT2D eigenvalue weighted by Gasteiger charge is 2.36. The maximum absolute atomic E-state index is 11.7. The number of benzene rings is 1. The van der Waals surface area contributed by atoms with Gasteiger partial charge in [-0.15, -0.1) is 0 Å². The number of carbonyl (C=O) groups excluding carboxylic acids is 1. The molecule has 4 heteroatoms. The van der Waals surface area contributed by atoms with Crippen LogP contribution in [0.15, 0.2) is 30.5 Å². The zero-order valence-corrected chi connectivity index (χ0v) is 10.4. The van der Waals surface area contributed by atoms with E-state index in [0.717, 1.165) is 16.5 Å². The van der Waals surface area contributed by atoms with E-state index in [1.54, 1.807) is 0 Å². The lowest BCUT2D eigenvalue weighted by Crippen LogP contribution is -2.29. The van der Waals surface area contributed by atoms with E-state index in [0.29, 0.717) is 19.3 Å². The summed E-state index contributed by atoms with van der Waals surface area (Å²) in [5, 5.41) is 10.4. The van der Waals surface area contributed by atoms with Crippen LogP contribution in [-0.2, 0) is 9.59 Å². The van der Waals surface area contributed by atoms with Crippen molar-refractivity contribution >= 4 is 22.7 Å². The van der Waals surface area contributed by atoms with Gasteiger partial charge in [0.1, 0.15) is 5.78 Å². The number of ketones is 1. The van der Waals surface area contributed by atoms with Gasteiger partial charge in [-0.1, -0.05) is 18.2 Å². The molecule has 4 nitrogen and oxygen atoms in total. The number of hydrogen-bond acceptors (Lipinski definition) is 2. The van der Waals surface area contributed by atoms with Crippen molar-refractivity contribution < 1.29 is 14.7 Å². The minimum absolute atomic E-state index is 0.160. The van der Waals surface area contributed by atoms with Gasteiger partial charge in [0.25, 0.3) is 0 Å². The predicted octanol–water partition coefficient (Wildman–Crippen LogP) is 2.71. The number of carboxylic acids is 1. The topological polar surface area (TPSA) is 70.2 Å². The summed E-state index contributed by atoms with van der Waals surface area (Å²) in [5.74, 6) is -1.32. The summed E-state index contributed by atoms with van der Waals surface area (Å²) < 4.78 is 0. The molecule has 1 fully saturated rings. The standard InChI is InChI=1S/C15H15NO3/c17-9-5-6-11(15(18)19)12(7-9)13-8-16-14-4-2-1-3-10(13)14/h1-4,8,11-12,16H,5-7H2,(H,18,19). The molecular weight excluding hydrogens is 242 g/mol. The van der Waals surface area contributed by atoms with Crippen molar-refractivity contribution in [3.8, 4) is 0 Å². The number of aliphatic carboxylic acids is 1. The first-order valence-electron chi connectivity index (χ1n) is 6.47. The maximum atomic E-state index is 11.7. The van der Waals surface area contributed by atoms with Crippen LogP contribution in [0.3, 0.4) is 0 Å². The number of fused-ring (bicyclic) bond motifs is 1. The number of rotatable bonds is 2. The van der Waals surface area contributed by atoms with Gasteiger partial charge in [-0.3, -0.25) is 9.59 Å². The van der Waals surface area contributed by atoms with Crippen LogP contribution < -0.4 is 0 Å². The Morgan fingerprint density at radius 1 is 1.32 bits per heavy atom. The number of carboxylic acid groups (broad SMARTS) is 1. The van der Waals surface area contributed by atoms with Crippen LogP contribution in [0.5, 0.6) is 0 Å². The quantitative estimate of drug-likeness (QED) is 0.869. The lowest BCUT2D eigenvalue weighted by Gasteiger charge is -2.27. The molecule has 2 atom stereocenters. The zero-order chi connectivity index (χ0) is 13.4. The second kappa shape index (κ2) is 4.53. The van der Waals surface area contributed by atoms with Crippen molar-refractivity contribution in [1.29, 1.82) is 0 Å². The van der Waals surface area contributed by atoms with Crippen LogP contribution in [-0.4, -0.2) is 21.8 Å². The number of nitrogens with one attached hydrogen (secondary N) is 1. The Kier molecular flexibility index (Phi) is 2.85. The molecule has 1 aliphatic carbocycles. The van der Waals surface area contributed by atoms with Gasteiger partial charge in [-0.05, 0) is 18.1 Å². The molecule has 3 rings (SSSR count). The lowest BCUT2D eigenvalue weighted by molar-refractivity contribution is -0.144. The molecule has 2 N–H and O–H groups in total. The molecule has 98 valence electrons. The highest BCUT2D eigenvalue weighted by atomic mass is 16.4. The molecule has 0 aliphatic heterocycles. The number of aromatic nitrogens is 1. The first-order valence-corrected chi connectivity index (χ1v) is 6.47. The number of Topliss-reactive ketones (excluding diaryl/α,β-unsaturated/α-hetero) is 1. The maximum Gasteiger partial charge on any atom is 0.307 e. The molecule has 0 saturated heterocycles. The largest absolute Gasteiger partial charge is 0.481 e. The third kappa shape index (κ3) is 2.03. The molecule has 0 spiro atoms. The fourth-order valence-electron chi connectivity index (χ4n) is 3.03. The van der Waals surface area contributed by atoms with Crippen molar-refractivity contribution in [3.05, 3.63) is 36.0 Å². The molecule has 2 unspecified atom stereocenters.